The molecule has 3 rings (SSSR count). The van der Waals surface area contributed by atoms with Gasteiger partial charge < -0.3 is 10.2 Å². The lowest BCUT2D eigenvalue weighted by molar-refractivity contribution is -0.140. The molecule has 7 heteroatoms. The third-order valence-electron chi connectivity index (χ3n) is 3.69. The molecule has 1 aliphatic rings. The monoisotopic (exact) mass is 321 g/mol. The van der Waals surface area contributed by atoms with E-state index in [0.29, 0.717) is 18.0 Å². The van der Waals surface area contributed by atoms with Crippen LogP contribution in [0.1, 0.15) is 23.8 Å². The van der Waals surface area contributed by atoms with Gasteiger partial charge >= 0.3 is 0 Å². The van der Waals surface area contributed by atoms with Gasteiger partial charge in [-0.1, -0.05) is 6.07 Å². The van der Waals surface area contributed by atoms with Gasteiger partial charge in [-0.05, 0) is 17.9 Å². The van der Waals surface area contributed by atoms with Crippen molar-refractivity contribution in [3.63, 3.8) is 0 Å². The molecule has 0 radical (unpaired) electrons. The molecule has 0 aliphatic carbocycles. The molecule has 0 spiro atoms. The van der Waals surface area contributed by atoms with Gasteiger partial charge in [-0.2, -0.15) is 0 Å². The second-order valence-corrected chi connectivity index (χ2v) is 6.81. The van der Waals surface area contributed by atoms with Crippen molar-refractivity contribution in [1.29, 1.82) is 0 Å². The number of carbonyl (C=O) groups excluding carboxylic acids is 2. The fourth-order valence-corrected chi connectivity index (χ4v) is 4.11. The average molecular weight is 321 g/mol. The van der Waals surface area contributed by atoms with E-state index in [1.54, 1.807) is 29.5 Å². The molecule has 2 aromatic heterocycles. The smallest absolute Gasteiger partial charge is 0.231 e. The predicted octanol–water partition coefficient (Wildman–Crippen LogP) is 2.75. The molecule has 3 heterocycles. The molecule has 0 unspecified atom stereocenters. The lowest BCUT2D eigenvalue weighted by Gasteiger charge is -2.37. The number of anilines is 1. The van der Waals surface area contributed by atoms with Crippen LogP contribution in [0.5, 0.6) is 0 Å². The number of hydrogen-bond acceptors (Lipinski definition) is 5. The fourth-order valence-electron chi connectivity index (χ4n) is 2.64. The van der Waals surface area contributed by atoms with Gasteiger partial charge in [0.05, 0.1) is 12.0 Å². The van der Waals surface area contributed by atoms with Crippen LogP contribution in [0.15, 0.2) is 29.1 Å². The zero-order chi connectivity index (χ0) is 14.8. The molecule has 0 aromatic carbocycles. The van der Waals surface area contributed by atoms with Gasteiger partial charge in [-0.3, -0.25) is 9.59 Å². The summed E-state index contributed by atoms with van der Waals surface area (Å²) in [5, 5.41) is 7.25. The second kappa shape index (κ2) is 5.95. The number of amides is 2. The predicted molar refractivity (Wildman–Crippen MR) is 83.3 cm³/mol. The third kappa shape index (κ3) is 2.84. The number of aromatic nitrogens is 1. The molecule has 0 saturated carbocycles. The molecule has 2 amide bonds. The number of rotatable bonds is 3. The van der Waals surface area contributed by atoms with Gasteiger partial charge in [0, 0.05) is 29.9 Å². The first kappa shape index (κ1) is 14.2. The zero-order valence-electron chi connectivity index (χ0n) is 11.5. The van der Waals surface area contributed by atoms with Crippen LogP contribution in [-0.4, -0.2) is 28.7 Å². The molecule has 1 saturated heterocycles. The van der Waals surface area contributed by atoms with E-state index in [1.165, 1.54) is 11.3 Å². The van der Waals surface area contributed by atoms with Crippen molar-refractivity contribution in [3.8, 4) is 0 Å². The van der Waals surface area contributed by atoms with Crippen LogP contribution < -0.4 is 5.32 Å². The Kier molecular flexibility index (Phi) is 4.03. The van der Waals surface area contributed by atoms with Gasteiger partial charge in [-0.25, -0.2) is 4.98 Å². The number of likely N-dealkylation sites (tertiary alicyclic amines) is 1. The molecule has 1 fully saturated rings. The highest BCUT2D eigenvalue weighted by molar-refractivity contribution is 7.13. The Labute approximate surface area is 130 Å². The van der Waals surface area contributed by atoms with Crippen LogP contribution in [0.2, 0.25) is 0 Å². The first-order valence-corrected chi connectivity index (χ1v) is 8.42. The molecule has 21 heavy (non-hydrogen) atoms. The summed E-state index contributed by atoms with van der Waals surface area (Å²) in [6.45, 7) is 0. The summed E-state index contributed by atoms with van der Waals surface area (Å²) in [5.41, 5.74) is 0. The second-order valence-electron chi connectivity index (χ2n) is 4.94. The van der Waals surface area contributed by atoms with Gasteiger partial charge in [-0.15, -0.1) is 22.7 Å². The lowest BCUT2D eigenvalue weighted by atomic mass is 9.87. The van der Waals surface area contributed by atoms with Crippen molar-refractivity contribution in [2.75, 3.05) is 12.4 Å². The highest BCUT2D eigenvalue weighted by Crippen LogP contribution is 2.38. The maximum Gasteiger partial charge on any atom is 0.231 e. The minimum Gasteiger partial charge on any atom is -0.337 e. The normalized spacial score (nSPS) is 22.3. The molecular weight excluding hydrogens is 306 g/mol. The first-order chi connectivity index (χ1) is 10.2. The van der Waals surface area contributed by atoms with E-state index in [4.69, 9.17) is 0 Å². The van der Waals surface area contributed by atoms with Crippen molar-refractivity contribution < 1.29 is 9.59 Å². The Bertz CT molecular complexity index is 625. The zero-order valence-corrected chi connectivity index (χ0v) is 13.1. The Morgan fingerprint density at radius 2 is 2.29 bits per heavy atom. The molecule has 0 bridgehead atoms. The molecule has 1 N–H and O–H groups in total. The van der Waals surface area contributed by atoms with Gasteiger partial charge in [0.2, 0.25) is 11.8 Å². The van der Waals surface area contributed by atoms with Crippen LogP contribution in [0, 0.1) is 5.92 Å². The molecule has 2 aromatic rings. The number of hydrogen-bond donors (Lipinski definition) is 1. The summed E-state index contributed by atoms with van der Waals surface area (Å²) in [4.78, 5) is 31.3. The average Bonchev–Trinajstić information content (AvgIpc) is 3.14. The van der Waals surface area contributed by atoms with Crippen LogP contribution >= 0.6 is 22.7 Å². The highest BCUT2D eigenvalue weighted by atomic mass is 32.1. The van der Waals surface area contributed by atoms with Crippen LogP contribution in [0.3, 0.4) is 0 Å². The number of nitrogens with one attached hydrogen (secondary N) is 1. The van der Waals surface area contributed by atoms with E-state index in [1.807, 2.05) is 22.9 Å². The SMILES string of the molecule is CN1C(=O)CC[C@H](C(=O)Nc2nccs2)[C@@H]1c1cccs1. The van der Waals surface area contributed by atoms with Crippen molar-refractivity contribution in [2.24, 2.45) is 5.92 Å². The molecular formula is C14H15N3O2S2. The number of carbonyl (C=O) groups is 2. The quantitative estimate of drug-likeness (QED) is 0.945. The van der Waals surface area contributed by atoms with Crippen LogP contribution in [0.25, 0.3) is 0 Å². The summed E-state index contributed by atoms with van der Waals surface area (Å²) in [5.74, 6) is -0.218. The molecule has 2 atom stereocenters. The van der Waals surface area contributed by atoms with E-state index in [9.17, 15) is 9.59 Å². The van der Waals surface area contributed by atoms with Gasteiger partial charge in [0.25, 0.3) is 0 Å². The topological polar surface area (TPSA) is 62.3 Å². The Morgan fingerprint density at radius 1 is 1.43 bits per heavy atom. The van der Waals surface area contributed by atoms with E-state index in [2.05, 4.69) is 10.3 Å². The third-order valence-corrected chi connectivity index (χ3v) is 5.33. The van der Waals surface area contributed by atoms with Crippen LogP contribution in [0.4, 0.5) is 5.13 Å². The van der Waals surface area contributed by atoms with Crippen LogP contribution in [-0.2, 0) is 9.59 Å². The van der Waals surface area contributed by atoms with E-state index >= 15 is 0 Å². The summed E-state index contributed by atoms with van der Waals surface area (Å²) in [6.07, 6.45) is 2.64. The number of thiazole rings is 1. The number of nitrogens with zero attached hydrogens (tertiary/aromatic N) is 2. The number of piperidine rings is 1. The van der Waals surface area contributed by atoms with Gasteiger partial charge in [0.15, 0.2) is 5.13 Å². The fraction of sp³-hybridized carbons (Fsp3) is 0.357. The van der Waals surface area contributed by atoms with E-state index in [-0.39, 0.29) is 23.8 Å². The number of thiophene rings is 1. The Hall–Kier alpha value is -1.73. The first-order valence-electron chi connectivity index (χ1n) is 6.66. The summed E-state index contributed by atoms with van der Waals surface area (Å²) >= 11 is 2.97. The van der Waals surface area contributed by atoms with Gasteiger partial charge in [0.1, 0.15) is 0 Å². The van der Waals surface area contributed by atoms with Crippen molar-refractivity contribution >= 4 is 39.6 Å². The summed E-state index contributed by atoms with van der Waals surface area (Å²) in [6, 6.07) is 3.74. The van der Waals surface area contributed by atoms with E-state index in [0.717, 1.165) is 4.88 Å². The van der Waals surface area contributed by atoms with Crippen molar-refractivity contribution in [3.05, 3.63) is 34.0 Å². The highest BCUT2D eigenvalue weighted by Gasteiger charge is 2.39. The molecule has 1 aliphatic heterocycles. The maximum absolute atomic E-state index is 12.5. The standard InChI is InChI=1S/C14H15N3O2S2/c1-17-11(18)5-4-9(12(17)10-3-2-7-20-10)13(19)16-14-15-6-8-21-14/h2-3,6-9,12H,4-5H2,1H3,(H,15,16,19)/t9-,12+/m0/s1. The maximum atomic E-state index is 12.5. The van der Waals surface area contributed by atoms with E-state index < -0.39 is 0 Å². The van der Waals surface area contributed by atoms with Crippen molar-refractivity contribution in [2.45, 2.75) is 18.9 Å². The molecule has 5 nitrogen and oxygen atoms in total. The summed E-state index contributed by atoms with van der Waals surface area (Å²) < 4.78 is 0. The minimum atomic E-state index is -0.241. The minimum absolute atomic E-state index is 0.0669. The largest absolute Gasteiger partial charge is 0.337 e. The lowest BCUT2D eigenvalue weighted by Crippen LogP contribution is -2.44. The van der Waals surface area contributed by atoms with Crippen molar-refractivity contribution in [1.82, 2.24) is 9.88 Å². The molecule has 110 valence electrons. The summed E-state index contributed by atoms with van der Waals surface area (Å²) in [7, 11) is 1.77. The Morgan fingerprint density at radius 3 is 2.95 bits per heavy atom. The Balaban J connectivity index is 1.84.